The van der Waals surface area contributed by atoms with Crippen molar-refractivity contribution in [1.82, 2.24) is 4.90 Å². The maximum Gasteiger partial charge on any atom is 0.289 e. The summed E-state index contributed by atoms with van der Waals surface area (Å²) < 4.78 is 25.0. The predicted molar refractivity (Wildman–Crippen MR) is 110 cm³/mol. The van der Waals surface area contributed by atoms with Crippen LogP contribution in [0.15, 0.2) is 65.1 Å². The zero-order valence-electron chi connectivity index (χ0n) is 16.6. The third-order valence-corrected chi connectivity index (χ3v) is 5.41. The molecule has 0 unspecified atom stereocenters. The highest BCUT2D eigenvalue weighted by atomic mass is 19.1. The molecule has 0 bridgehead atoms. The smallest absolute Gasteiger partial charge is 0.289 e. The summed E-state index contributed by atoms with van der Waals surface area (Å²) >= 11 is 0. The number of hydrogen-bond acceptors (Lipinski definition) is 4. The lowest BCUT2D eigenvalue weighted by molar-refractivity contribution is 0.0605. The van der Waals surface area contributed by atoms with Crippen LogP contribution in [0.2, 0.25) is 0 Å². The van der Waals surface area contributed by atoms with Crippen LogP contribution in [-0.2, 0) is 0 Å². The fourth-order valence-electron chi connectivity index (χ4n) is 3.83. The number of halogens is 1. The summed E-state index contributed by atoms with van der Waals surface area (Å²) in [4.78, 5) is 27.3. The molecule has 1 aromatic heterocycles. The largest absolute Gasteiger partial charge is 0.468 e. The summed E-state index contributed by atoms with van der Waals surface area (Å²) in [5.74, 6) is -0.792. The Morgan fingerprint density at radius 2 is 1.90 bits per heavy atom. The molecule has 6 heteroatoms. The van der Waals surface area contributed by atoms with Crippen molar-refractivity contribution >= 4 is 11.7 Å². The molecule has 1 saturated heterocycles. The Kier molecular flexibility index (Phi) is 5.65. The van der Waals surface area contributed by atoms with Gasteiger partial charge in [0, 0.05) is 36.2 Å². The summed E-state index contributed by atoms with van der Waals surface area (Å²) in [6.07, 6.45) is 1.36. The molecule has 0 aliphatic carbocycles. The Hall–Kier alpha value is -3.41. The molecule has 1 atom stereocenters. The summed E-state index contributed by atoms with van der Waals surface area (Å²) in [7, 11) is 1.46. The van der Waals surface area contributed by atoms with E-state index in [1.165, 1.54) is 13.2 Å². The quantitative estimate of drug-likeness (QED) is 0.569. The van der Waals surface area contributed by atoms with Crippen LogP contribution in [0.5, 0.6) is 5.95 Å². The van der Waals surface area contributed by atoms with Crippen molar-refractivity contribution in [2.24, 2.45) is 5.92 Å². The van der Waals surface area contributed by atoms with Gasteiger partial charge in [-0.3, -0.25) is 9.59 Å². The van der Waals surface area contributed by atoms with E-state index < -0.39 is 5.82 Å². The van der Waals surface area contributed by atoms with Gasteiger partial charge in [-0.1, -0.05) is 42.5 Å². The number of furan rings is 1. The number of rotatable bonds is 5. The second kappa shape index (κ2) is 8.53. The Morgan fingerprint density at radius 1 is 1.10 bits per heavy atom. The molecule has 4 rings (SSSR count). The number of methoxy groups -OCH3 is 1. The first-order valence-electron chi connectivity index (χ1n) is 9.89. The van der Waals surface area contributed by atoms with Crippen molar-refractivity contribution < 1.29 is 23.1 Å². The number of carbonyl (C=O) groups is 2. The zero-order chi connectivity index (χ0) is 21.1. The van der Waals surface area contributed by atoms with E-state index in [9.17, 15) is 14.0 Å². The summed E-state index contributed by atoms with van der Waals surface area (Å²) in [5.41, 5.74) is 1.54. The number of benzene rings is 2. The third-order valence-electron chi connectivity index (χ3n) is 5.41. The monoisotopic (exact) mass is 407 g/mol. The summed E-state index contributed by atoms with van der Waals surface area (Å²) in [5, 5.41) is 0. The molecule has 2 heterocycles. The van der Waals surface area contributed by atoms with Gasteiger partial charge in [-0.25, -0.2) is 4.39 Å². The van der Waals surface area contributed by atoms with Crippen molar-refractivity contribution in [3.63, 3.8) is 0 Å². The highest BCUT2D eigenvalue weighted by Crippen LogP contribution is 2.27. The third kappa shape index (κ3) is 3.99. The van der Waals surface area contributed by atoms with E-state index in [0.717, 1.165) is 5.56 Å². The molecule has 0 N–H and O–H groups in total. The molecule has 1 aliphatic heterocycles. The Morgan fingerprint density at radius 3 is 2.60 bits per heavy atom. The highest BCUT2D eigenvalue weighted by molar-refractivity contribution is 5.99. The fourth-order valence-corrected chi connectivity index (χ4v) is 3.83. The molecule has 1 aliphatic rings. The van der Waals surface area contributed by atoms with E-state index in [4.69, 9.17) is 9.15 Å². The number of piperidine rings is 1. The second-order valence-electron chi connectivity index (χ2n) is 7.34. The lowest BCUT2D eigenvalue weighted by Crippen LogP contribution is -2.42. The molecule has 1 amide bonds. The first-order valence-corrected chi connectivity index (χ1v) is 9.89. The van der Waals surface area contributed by atoms with Gasteiger partial charge in [-0.2, -0.15) is 0 Å². The van der Waals surface area contributed by atoms with Crippen molar-refractivity contribution in [3.8, 4) is 17.1 Å². The maximum absolute atomic E-state index is 14.7. The molecule has 0 spiro atoms. The molecule has 30 heavy (non-hydrogen) atoms. The minimum atomic E-state index is -0.432. The molecule has 3 aromatic rings. The Balaban J connectivity index is 1.49. The van der Waals surface area contributed by atoms with E-state index in [1.807, 2.05) is 30.3 Å². The van der Waals surface area contributed by atoms with Crippen LogP contribution in [0, 0.1) is 11.7 Å². The van der Waals surface area contributed by atoms with Gasteiger partial charge in [-0.05, 0) is 30.5 Å². The van der Waals surface area contributed by atoms with E-state index in [0.29, 0.717) is 30.5 Å². The van der Waals surface area contributed by atoms with Crippen LogP contribution in [0.25, 0.3) is 11.1 Å². The standard InChI is InChI=1S/C24H22FNO4/c1-29-22-12-11-21(30-22)24(28)26-13-5-8-18(15-26)23(27)17-9-10-19(20(25)14-17)16-6-3-2-4-7-16/h2-4,6-7,9-12,14,18H,5,8,13,15H2,1H3/t18-/m1/s1. The van der Waals surface area contributed by atoms with Gasteiger partial charge >= 0.3 is 0 Å². The van der Waals surface area contributed by atoms with Gasteiger partial charge in [0.15, 0.2) is 11.5 Å². The van der Waals surface area contributed by atoms with Gasteiger partial charge in [0.05, 0.1) is 7.11 Å². The predicted octanol–water partition coefficient (Wildman–Crippen LogP) is 4.83. The fraction of sp³-hybridized carbons (Fsp3) is 0.250. The summed E-state index contributed by atoms with van der Waals surface area (Å²) in [6.45, 7) is 0.829. The zero-order valence-corrected chi connectivity index (χ0v) is 16.6. The maximum atomic E-state index is 14.7. The molecule has 5 nitrogen and oxygen atoms in total. The first kappa shape index (κ1) is 19.9. The number of carbonyl (C=O) groups excluding carboxylic acids is 2. The minimum absolute atomic E-state index is 0.150. The van der Waals surface area contributed by atoms with Crippen LogP contribution < -0.4 is 4.74 Å². The van der Waals surface area contributed by atoms with Crippen molar-refractivity contribution in [2.45, 2.75) is 12.8 Å². The van der Waals surface area contributed by atoms with Crippen LogP contribution in [-0.4, -0.2) is 36.8 Å². The molecular weight excluding hydrogens is 385 g/mol. The SMILES string of the molecule is COc1ccc(C(=O)N2CCC[C@@H](C(=O)c3ccc(-c4ccccc4)c(F)c3)C2)o1. The molecule has 0 saturated carbocycles. The van der Waals surface area contributed by atoms with Gasteiger partial charge in [0.1, 0.15) is 5.82 Å². The van der Waals surface area contributed by atoms with Crippen LogP contribution in [0.4, 0.5) is 4.39 Å². The number of ether oxygens (including phenoxy) is 1. The minimum Gasteiger partial charge on any atom is -0.468 e. The molecule has 154 valence electrons. The second-order valence-corrected chi connectivity index (χ2v) is 7.34. The van der Waals surface area contributed by atoms with Crippen molar-refractivity contribution in [3.05, 3.63) is 77.8 Å². The number of hydrogen-bond donors (Lipinski definition) is 0. The topological polar surface area (TPSA) is 59.8 Å². The first-order chi connectivity index (χ1) is 14.6. The lowest BCUT2D eigenvalue weighted by Gasteiger charge is -2.31. The number of Topliss-reactive ketones (excluding diaryl/α,β-unsaturated/α-hetero) is 1. The average Bonchev–Trinajstić information content (AvgIpc) is 3.28. The molecule has 1 fully saturated rings. The van der Waals surface area contributed by atoms with E-state index >= 15 is 0 Å². The molecule has 0 radical (unpaired) electrons. The number of likely N-dealkylation sites (tertiary alicyclic amines) is 1. The van der Waals surface area contributed by atoms with E-state index in [-0.39, 0.29) is 35.9 Å². The van der Waals surface area contributed by atoms with E-state index in [1.54, 1.807) is 29.2 Å². The number of nitrogens with zero attached hydrogens (tertiary/aromatic N) is 1. The Bertz CT molecular complexity index is 1060. The van der Waals surface area contributed by atoms with Crippen molar-refractivity contribution in [1.29, 1.82) is 0 Å². The van der Waals surface area contributed by atoms with Crippen molar-refractivity contribution in [2.75, 3.05) is 20.2 Å². The van der Waals surface area contributed by atoms with E-state index in [2.05, 4.69) is 0 Å². The van der Waals surface area contributed by atoms with Gasteiger partial charge in [0.2, 0.25) is 0 Å². The summed E-state index contributed by atoms with van der Waals surface area (Å²) in [6, 6.07) is 16.9. The highest BCUT2D eigenvalue weighted by Gasteiger charge is 2.31. The average molecular weight is 407 g/mol. The lowest BCUT2D eigenvalue weighted by atomic mass is 9.89. The molecular formula is C24H22FNO4. The van der Waals surface area contributed by atoms with Gasteiger partial charge in [-0.15, -0.1) is 0 Å². The van der Waals surface area contributed by atoms with Crippen LogP contribution >= 0.6 is 0 Å². The van der Waals surface area contributed by atoms with Gasteiger partial charge in [0.25, 0.3) is 11.9 Å². The van der Waals surface area contributed by atoms with Gasteiger partial charge < -0.3 is 14.1 Å². The van der Waals surface area contributed by atoms with Crippen LogP contribution in [0.1, 0.15) is 33.8 Å². The normalized spacial score (nSPS) is 16.3. The Labute approximate surface area is 174 Å². The van der Waals surface area contributed by atoms with Crippen LogP contribution in [0.3, 0.4) is 0 Å². The number of ketones is 1. The molecule has 2 aromatic carbocycles. The number of amides is 1.